The molecule has 5 nitrogen and oxygen atoms in total. The maximum atomic E-state index is 13.0. The van der Waals surface area contributed by atoms with Crippen LogP contribution in [0.2, 0.25) is 0 Å². The summed E-state index contributed by atoms with van der Waals surface area (Å²) in [6.45, 7) is 1.95. The summed E-state index contributed by atoms with van der Waals surface area (Å²) in [7, 11) is 0. The molecule has 0 aromatic heterocycles. The highest BCUT2D eigenvalue weighted by Crippen LogP contribution is 2.31. The van der Waals surface area contributed by atoms with Crippen LogP contribution in [0.1, 0.15) is 31.7 Å². The van der Waals surface area contributed by atoms with Crippen LogP contribution in [0.5, 0.6) is 0 Å². The predicted molar refractivity (Wildman–Crippen MR) is 99.4 cm³/mol. The van der Waals surface area contributed by atoms with Crippen LogP contribution in [0, 0.1) is 11.3 Å². The Morgan fingerprint density at radius 3 is 2.58 bits per heavy atom. The highest BCUT2D eigenvalue weighted by atomic mass is 35.5. The van der Waals surface area contributed by atoms with Gasteiger partial charge in [0.2, 0.25) is 0 Å². The normalized spacial score (nSPS) is 17.0. The number of esters is 1. The summed E-state index contributed by atoms with van der Waals surface area (Å²) >= 11 is 12.2. The first-order valence-corrected chi connectivity index (χ1v) is 9.14. The Morgan fingerprint density at radius 2 is 2.04 bits per heavy atom. The molecule has 2 rings (SSSR count). The quantitative estimate of drug-likeness (QED) is 0.418. The lowest BCUT2D eigenvalue weighted by atomic mass is 9.94. The molecule has 138 valence electrons. The highest BCUT2D eigenvalue weighted by molar-refractivity contribution is 6.67. The van der Waals surface area contributed by atoms with Gasteiger partial charge in [-0.2, -0.15) is 5.26 Å². The van der Waals surface area contributed by atoms with Crippen molar-refractivity contribution in [2.24, 2.45) is 0 Å². The van der Waals surface area contributed by atoms with Crippen molar-refractivity contribution < 1.29 is 14.3 Å². The first-order valence-electron chi connectivity index (χ1n) is 8.39. The lowest BCUT2D eigenvalue weighted by Gasteiger charge is -2.36. The second-order valence-electron chi connectivity index (χ2n) is 5.98. The van der Waals surface area contributed by atoms with Crippen molar-refractivity contribution in [2.45, 2.75) is 43.1 Å². The predicted octanol–water partition coefficient (Wildman–Crippen LogP) is 3.75. The summed E-state index contributed by atoms with van der Waals surface area (Å²) in [5, 5.41) is 9.02. The van der Waals surface area contributed by atoms with Crippen molar-refractivity contribution in [3.8, 4) is 6.07 Å². The summed E-state index contributed by atoms with van der Waals surface area (Å²) < 4.78 is 2.54. The Kier molecular flexibility index (Phi) is 7.07. The molecule has 0 spiro atoms. The Morgan fingerprint density at radius 1 is 1.35 bits per heavy atom. The van der Waals surface area contributed by atoms with Gasteiger partial charge in [0.1, 0.15) is 0 Å². The van der Waals surface area contributed by atoms with E-state index in [4.69, 9.17) is 33.2 Å². The van der Waals surface area contributed by atoms with Crippen LogP contribution < -0.4 is 0 Å². The number of benzene rings is 1. The maximum absolute atomic E-state index is 13.0. The van der Waals surface area contributed by atoms with E-state index in [1.54, 1.807) is 6.92 Å². The minimum atomic E-state index is -2.30. The van der Waals surface area contributed by atoms with Crippen LogP contribution in [0.3, 0.4) is 0 Å². The molecule has 0 bridgehead atoms. The SMILES string of the molecule is CCOC(=O)C(Cl)(Cl)C(=O)N(Cc1ccccc1)C1CC=C(C#N)CC1. The van der Waals surface area contributed by atoms with E-state index in [1.807, 2.05) is 36.4 Å². The van der Waals surface area contributed by atoms with Crippen molar-refractivity contribution >= 4 is 35.1 Å². The van der Waals surface area contributed by atoms with Crippen molar-refractivity contribution in [2.75, 3.05) is 6.61 Å². The standard InChI is InChI=1S/C19H20Cl2N2O3/c1-2-26-18(25)19(20,21)17(24)23(13-15-6-4-3-5-7-15)16-10-8-14(12-22)9-11-16/h3-8,16H,2,9-11,13H2,1H3. The van der Waals surface area contributed by atoms with Gasteiger partial charge in [-0.25, -0.2) is 4.79 Å². The minimum Gasteiger partial charge on any atom is -0.463 e. The monoisotopic (exact) mass is 394 g/mol. The first kappa shape index (κ1) is 20.3. The number of hydrogen-bond donors (Lipinski definition) is 0. The van der Waals surface area contributed by atoms with E-state index in [0.717, 1.165) is 5.56 Å². The summed E-state index contributed by atoms with van der Waals surface area (Å²) in [6.07, 6.45) is 3.49. The number of carbonyl (C=O) groups excluding carboxylic acids is 2. The van der Waals surface area contributed by atoms with Gasteiger partial charge in [-0.3, -0.25) is 4.79 Å². The van der Waals surface area contributed by atoms with Crippen LogP contribution in [-0.4, -0.2) is 33.8 Å². The van der Waals surface area contributed by atoms with Crippen LogP contribution in [-0.2, 0) is 20.9 Å². The van der Waals surface area contributed by atoms with Crippen molar-refractivity contribution in [3.05, 3.63) is 47.5 Å². The van der Waals surface area contributed by atoms with Gasteiger partial charge in [-0.1, -0.05) is 59.6 Å². The largest absolute Gasteiger partial charge is 0.463 e. The number of hydrogen-bond acceptors (Lipinski definition) is 4. The zero-order valence-corrected chi connectivity index (χ0v) is 16.0. The molecule has 1 aromatic rings. The molecule has 0 aliphatic heterocycles. The molecule has 0 heterocycles. The molecular formula is C19H20Cl2N2O3. The van der Waals surface area contributed by atoms with Crippen molar-refractivity contribution in [1.82, 2.24) is 4.90 Å². The van der Waals surface area contributed by atoms with Crippen LogP contribution in [0.15, 0.2) is 42.0 Å². The molecule has 1 aliphatic rings. The van der Waals surface area contributed by atoms with E-state index < -0.39 is 16.2 Å². The molecule has 1 aromatic carbocycles. The summed E-state index contributed by atoms with van der Waals surface area (Å²) in [4.78, 5) is 26.6. The lowest BCUT2D eigenvalue weighted by Crippen LogP contribution is -2.51. The van der Waals surface area contributed by atoms with Gasteiger partial charge < -0.3 is 9.64 Å². The number of amides is 1. The fraction of sp³-hybridized carbons (Fsp3) is 0.421. The van der Waals surface area contributed by atoms with Crippen molar-refractivity contribution in [3.63, 3.8) is 0 Å². The number of nitrogens with zero attached hydrogens (tertiary/aromatic N) is 2. The van der Waals surface area contributed by atoms with E-state index >= 15 is 0 Å². The van der Waals surface area contributed by atoms with Gasteiger partial charge in [0, 0.05) is 18.2 Å². The van der Waals surface area contributed by atoms with Gasteiger partial charge in [0.05, 0.1) is 12.7 Å². The minimum absolute atomic E-state index is 0.0731. The molecule has 1 atom stereocenters. The zero-order chi connectivity index (χ0) is 19.2. The fourth-order valence-electron chi connectivity index (χ4n) is 2.84. The maximum Gasteiger partial charge on any atom is 0.352 e. The number of rotatable bonds is 6. The zero-order valence-electron chi connectivity index (χ0n) is 14.5. The van der Waals surface area contributed by atoms with Gasteiger partial charge in [-0.05, 0) is 31.7 Å². The topological polar surface area (TPSA) is 70.4 Å². The molecular weight excluding hydrogens is 375 g/mol. The van der Waals surface area contributed by atoms with Crippen LogP contribution in [0.25, 0.3) is 0 Å². The van der Waals surface area contributed by atoms with E-state index in [1.165, 1.54) is 4.90 Å². The van der Waals surface area contributed by atoms with Crippen LogP contribution >= 0.6 is 23.2 Å². The molecule has 1 aliphatic carbocycles. The Labute approximate surface area is 163 Å². The highest BCUT2D eigenvalue weighted by Gasteiger charge is 2.48. The van der Waals surface area contributed by atoms with Crippen molar-refractivity contribution in [1.29, 1.82) is 5.26 Å². The van der Waals surface area contributed by atoms with E-state index in [2.05, 4.69) is 6.07 Å². The van der Waals surface area contributed by atoms with Gasteiger partial charge in [0.25, 0.3) is 10.2 Å². The third kappa shape index (κ3) is 4.78. The molecule has 0 radical (unpaired) electrons. The van der Waals surface area contributed by atoms with Gasteiger partial charge in [0.15, 0.2) is 0 Å². The summed E-state index contributed by atoms with van der Waals surface area (Å²) in [5.74, 6) is -1.68. The van der Waals surface area contributed by atoms with E-state index in [0.29, 0.717) is 24.8 Å². The molecule has 0 fully saturated rings. The number of nitriles is 1. The third-order valence-corrected chi connectivity index (χ3v) is 4.86. The van der Waals surface area contributed by atoms with Gasteiger partial charge >= 0.3 is 5.97 Å². The summed E-state index contributed by atoms with van der Waals surface area (Å²) in [6, 6.07) is 11.3. The lowest BCUT2D eigenvalue weighted by molar-refractivity contribution is -0.151. The second-order valence-corrected chi connectivity index (χ2v) is 7.31. The average Bonchev–Trinajstić information content (AvgIpc) is 2.66. The van der Waals surface area contributed by atoms with E-state index in [9.17, 15) is 9.59 Å². The Balaban J connectivity index is 2.28. The molecule has 26 heavy (non-hydrogen) atoms. The first-order chi connectivity index (χ1) is 12.4. The summed E-state index contributed by atoms with van der Waals surface area (Å²) in [5.41, 5.74) is 1.59. The Hall–Kier alpha value is -2.03. The Bertz CT molecular complexity index is 726. The molecule has 0 saturated carbocycles. The van der Waals surface area contributed by atoms with E-state index in [-0.39, 0.29) is 19.2 Å². The molecule has 1 unspecified atom stereocenters. The van der Waals surface area contributed by atoms with Crippen LogP contribution in [0.4, 0.5) is 0 Å². The fourth-order valence-corrected chi connectivity index (χ4v) is 3.17. The molecule has 0 N–H and O–H groups in total. The number of alkyl halides is 2. The number of allylic oxidation sites excluding steroid dienone is 1. The smallest absolute Gasteiger partial charge is 0.352 e. The second kappa shape index (κ2) is 9.07. The number of ether oxygens (including phenoxy) is 1. The third-order valence-electron chi connectivity index (χ3n) is 4.22. The number of halogens is 2. The average molecular weight is 395 g/mol. The molecule has 0 saturated heterocycles. The van der Waals surface area contributed by atoms with Gasteiger partial charge in [-0.15, -0.1) is 0 Å². The molecule has 1 amide bonds. The molecule has 7 heteroatoms. The number of carbonyl (C=O) groups is 2.